The van der Waals surface area contributed by atoms with Crippen LogP contribution in [0, 0.1) is 5.92 Å². The van der Waals surface area contributed by atoms with E-state index >= 15 is 0 Å². The Labute approximate surface area is 173 Å². The number of hydrogen-bond acceptors (Lipinski definition) is 5. The van der Waals surface area contributed by atoms with Crippen molar-refractivity contribution in [2.75, 3.05) is 26.7 Å². The summed E-state index contributed by atoms with van der Waals surface area (Å²) in [5.74, 6) is 2.53. The summed E-state index contributed by atoms with van der Waals surface area (Å²) in [6, 6.07) is 13.6. The minimum atomic E-state index is -3.50. The zero-order valence-electron chi connectivity index (χ0n) is 15.9. The van der Waals surface area contributed by atoms with E-state index in [1.807, 2.05) is 0 Å². The normalized spacial score (nSPS) is 16.8. The molecule has 3 rings (SSSR count). The topological polar surface area (TPSA) is 76.7 Å². The summed E-state index contributed by atoms with van der Waals surface area (Å²) < 4.78 is 38.4. The number of rotatable bonds is 8. The van der Waals surface area contributed by atoms with Gasteiger partial charge in [0.25, 0.3) is 0 Å². The van der Waals surface area contributed by atoms with E-state index in [2.05, 4.69) is 10.0 Å². The number of methoxy groups -OCH3 is 1. The molecule has 0 aromatic heterocycles. The van der Waals surface area contributed by atoms with E-state index in [9.17, 15) is 8.42 Å². The van der Waals surface area contributed by atoms with Gasteiger partial charge in [0.15, 0.2) is 0 Å². The molecule has 0 spiro atoms. The Bertz CT molecular complexity index is 820. The highest BCUT2D eigenvalue weighted by Gasteiger charge is 2.16. The largest absolute Gasteiger partial charge is 0.497 e. The fourth-order valence-electron chi connectivity index (χ4n) is 3.12. The molecule has 0 bridgehead atoms. The Morgan fingerprint density at radius 1 is 1.04 bits per heavy atom. The second kappa shape index (κ2) is 10.7. The molecule has 2 aromatic carbocycles. The number of nitrogens with one attached hydrogen (secondary N) is 2. The predicted molar refractivity (Wildman–Crippen MR) is 112 cm³/mol. The highest BCUT2D eigenvalue weighted by Crippen LogP contribution is 2.25. The number of ether oxygens (including phenoxy) is 2. The summed E-state index contributed by atoms with van der Waals surface area (Å²) in [6.07, 6.45) is 3.17. The van der Waals surface area contributed by atoms with Gasteiger partial charge in [0, 0.05) is 6.54 Å². The van der Waals surface area contributed by atoms with Crippen LogP contribution < -0.4 is 19.5 Å². The van der Waals surface area contributed by atoms with Gasteiger partial charge in [-0.15, -0.1) is 12.4 Å². The zero-order chi connectivity index (χ0) is 19.1. The maximum Gasteiger partial charge on any atom is 0.240 e. The first kappa shape index (κ1) is 22.5. The maximum absolute atomic E-state index is 12.4. The molecule has 1 atom stereocenters. The van der Waals surface area contributed by atoms with Crippen molar-refractivity contribution in [1.29, 1.82) is 0 Å². The summed E-state index contributed by atoms with van der Waals surface area (Å²) in [5, 5.41) is 3.35. The van der Waals surface area contributed by atoms with Crippen LogP contribution in [0.3, 0.4) is 0 Å². The summed E-state index contributed by atoms with van der Waals surface area (Å²) >= 11 is 0. The molecule has 2 aromatic rings. The first-order chi connectivity index (χ1) is 13.1. The third-order valence-electron chi connectivity index (χ3n) is 4.67. The van der Waals surface area contributed by atoms with Gasteiger partial charge in [-0.1, -0.05) is 0 Å². The van der Waals surface area contributed by atoms with Crippen molar-refractivity contribution < 1.29 is 17.9 Å². The molecular weight excluding hydrogens is 400 g/mol. The van der Waals surface area contributed by atoms with Gasteiger partial charge in [0.2, 0.25) is 10.0 Å². The van der Waals surface area contributed by atoms with Crippen molar-refractivity contribution in [2.45, 2.75) is 24.2 Å². The molecule has 8 heteroatoms. The Balaban J connectivity index is 0.00000280. The minimum Gasteiger partial charge on any atom is -0.497 e. The first-order valence-corrected chi connectivity index (χ1v) is 10.7. The number of hydrogen-bond donors (Lipinski definition) is 2. The standard InChI is InChI=1S/C20H26N2O4S.ClH/c1-25-17-4-6-18(7-5-17)26-19-8-10-20(11-9-19)27(23,24)22-14-12-16-3-2-13-21-15-16;/h4-11,16,21-22H,2-3,12-15H2,1H3;1H. The molecule has 1 fully saturated rings. The highest BCUT2D eigenvalue weighted by molar-refractivity contribution is 7.89. The predicted octanol–water partition coefficient (Wildman–Crippen LogP) is 3.58. The molecule has 6 nitrogen and oxygen atoms in total. The van der Waals surface area contributed by atoms with Crippen molar-refractivity contribution in [2.24, 2.45) is 5.92 Å². The Morgan fingerprint density at radius 2 is 1.64 bits per heavy atom. The second-order valence-corrected chi connectivity index (χ2v) is 8.41. The molecule has 154 valence electrons. The van der Waals surface area contributed by atoms with Gasteiger partial charge in [-0.3, -0.25) is 0 Å². The quantitative estimate of drug-likeness (QED) is 0.674. The molecule has 0 radical (unpaired) electrons. The minimum absolute atomic E-state index is 0. The lowest BCUT2D eigenvalue weighted by Gasteiger charge is -2.22. The van der Waals surface area contributed by atoms with E-state index < -0.39 is 10.0 Å². The molecule has 1 aliphatic heterocycles. The Hall–Kier alpha value is -1.80. The van der Waals surface area contributed by atoms with Crippen LogP contribution in [0.1, 0.15) is 19.3 Å². The highest BCUT2D eigenvalue weighted by atomic mass is 35.5. The van der Waals surface area contributed by atoms with Crippen LogP contribution in [0.5, 0.6) is 17.2 Å². The van der Waals surface area contributed by atoms with Crippen LogP contribution in [0.2, 0.25) is 0 Å². The first-order valence-electron chi connectivity index (χ1n) is 9.19. The molecule has 0 saturated carbocycles. The van der Waals surface area contributed by atoms with E-state index in [4.69, 9.17) is 9.47 Å². The van der Waals surface area contributed by atoms with Gasteiger partial charge < -0.3 is 14.8 Å². The van der Waals surface area contributed by atoms with Gasteiger partial charge in [0.05, 0.1) is 12.0 Å². The monoisotopic (exact) mass is 426 g/mol. The van der Waals surface area contributed by atoms with Crippen molar-refractivity contribution in [1.82, 2.24) is 10.0 Å². The molecule has 28 heavy (non-hydrogen) atoms. The number of benzene rings is 2. The third-order valence-corrected chi connectivity index (χ3v) is 6.15. The SMILES string of the molecule is COc1ccc(Oc2ccc(S(=O)(=O)NCCC3CCCNC3)cc2)cc1.Cl. The molecular formula is C20H27ClN2O4S. The summed E-state index contributed by atoms with van der Waals surface area (Å²) in [6.45, 7) is 2.49. The summed E-state index contributed by atoms with van der Waals surface area (Å²) in [5.41, 5.74) is 0. The van der Waals surface area contributed by atoms with Gasteiger partial charge in [-0.2, -0.15) is 0 Å². The second-order valence-electron chi connectivity index (χ2n) is 6.65. The smallest absolute Gasteiger partial charge is 0.240 e. The van der Waals surface area contributed by atoms with Crippen molar-refractivity contribution in [3.63, 3.8) is 0 Å². The zero-order valence-corrected chi connectivity index (χ0v) is 17.5. The van der Waals surface area contributed by atoms with Crippen LogP contribution in [0.15, 0.2) is 53.4 Å². The molecule has 1 heterocycles. The van der Waals surface area contributed by atoms with Crippen LogP contribution >= 0.6 is 12.4 Å². The molecule has 1 saturated heterocycles. The van der Waals surface area contributed by atoms with Crippen molar-refractivity contribution >= 4 is 22.4 Å². The van der Waals surface area contributed by atoms with Crippen LogP contribution in [0.25, 0.3) is 0 Å². The van der Waals surface area contributed by atoms with Gasteiger partial charge in [-0.05, 0) is 86.8 Å². The maximum atomic E-state index is 12.4. The van der Waals surface area contributed by atoms with E-state index in [0.717, 1.165) is 38.1 Å². The van der Waals surface area contributed by atoms with E-state index in [0.29, 0.717) is 24.0 Å². The van der Waals surface area contributed by atoms with Crippen molar-refractivity contribution in [3.05, 3.63) is 48.5 Å². The Morgan fingerprint density at radius 3 is 2.21 bits per heavy atom. The van der Waals surface area contributed by atoms with Crippen molar-refractivity contribution in [3.8, 4) is 17.2 Å². The molecule has 1 aliphatic rings. The van der Waals surface area contributed by atoms with Gasteiger partial charge >= 0.3 is 0 Å². The number of piperidine rings is 1. The molecule has 0 amide bonds. The Kier molecular flexibility index (Phi) is 8.57. The average Bonchev–Trinajstić information content (AvgIpc) is 2.70. The van der Waals surface area contributed by atoms with E-state index in [-0.39, 0.29) is 17.3 Å². The van der Waals surface area contributed by atoms with Crippen LogP contribution in [-0.2, 0) is 10.0 Å². The van der Waals surface area contributed by atoms with Gasteiger partial charge in [-0.25, -0.2) is 13.1 Å². The lowest BCUT2D eigenvalue weighted by atomic mass is 9.96. The fraction of sp³-hybridized carbons (Fsp3) is 0.400. The lowest BCUT2D eigenvalue weighted by molar-refractivity contribution is 0.358. The molecule has 1 unspecified atom stereocenters. The van der Waals surface area contributed by atoms with Crippen LogP contribution in [-0.4, -0.2) is 35.2 Å². The average molecular weight is 427 g/mol. The number of sulfonamides is 1. The molecule has 2 N–H and O–H groups in total. The van der Waals surface area contributed by atoms with E-state index in [1.165, 1.54) is 0 Å². The summed E-state index contributed by atoms with van der Waals surface area (Å²) in [4.78, 5) is 0.242. The fourth-order valence-corrected chi connectivity index (χ4v) is 4.17. The number of halogens is 1. The van der Waals surface area contributed by atoms with E-state index in [1.54, 1.807) is 55.6 Å². The third kappa shape index (κ3) is 6.38. The molecule has 0 aliphatic carbocycles. The van der Waals surface area contributed by atoms with Gasteiger partial charge in [0.1, 0.15) is 17.2 Å². The van der Waals surface area contributed by atoms with Crippen LogP contribution in [0.4, 0.5) is 0 Å². The lowest BCUT2D eigenvalue weighted by Crippen LogP contribution is -2.33. The summed E-state index contributed by atoms with van der Waals surface area (Å²) in [7, 11) is -1.90.